The van der Waals surface area contributed by atoms with Crippen LogP contribution in [0.5, 0.6) is 5.75 Å². The lowest BCUT2D eigenvalue weighted by atomic mass is 10.0. The van der Waals surface area contributed by atoms with Crippen molar-refractivity contribution in [3.05, 3.63) is 89.2 Å². The Morgan fingerprint density at radius 2 is 1.58 bits per heavy atom. The van der Waals surface area contributed by atoms with Crippen molar-refractivity contribution < 1.29 is 18.7 Å². The second kappa shape index (κ2) is 10.0. The molecular formula is C29H32FN3O3. The van der Waals surface area contributed by atoms with Gasteiger partial charge in [0.1, 0.15) is 23.2 Å². The van der Waals surface area contributed by atoms with Gasteiger partial charge >= 0.3 is 0 Å². The zero-order valence-corrected chi connectivity index (χ0v) is 21.3. The molecule has 1 heterocycles. The maximum Gasteiger partial charge on any atom is 0.257 e. The largest absolute Gasteiger partial charge is 0.488 e. The molecule has 3 aromatic carbocycles. The number of anilines is 2. The number of rotatable bonds is 6. The van der Waals surface area contributed by atoms with Gasteiger partial charge in [0.15, 0.2) is 0 Å². The number of carbonyl (C=O) groups excluding carboxylic acids is 2. The van der Waals surface area contributed by atoms with Gasteiger partial charge in [0.2, 0.25) is 5.91 Å². The molecule has 0 spiro atoms. The fourth-order valence-corrected chi connectivity index (χ4v) is 4.19. The summed E-state index contributed by atoms with van der Waals surface area (Å²) in [5.74, 6) is -0.140. The van der Waals surface area contributed by atoms with E-state index in [9.17, 15) is 14.0 Å². The van der Waals surface area contributed by atoms with Gasteiger partial charge in [-0.05, 0) is 74.4 Å². The minimum atomic E-state index is -0.757. The van der Waals surface area contributed by atoms with E-state index in [-0.39, 0.29) is 29.8 Å². The second-order valence-electron chi connectivity index (χ2n) is 10.3. The predicted octanol–water partition coefficient (Wildman–Crippen LogP) is 5.27. The zero-order chi connectivity index (χ0) is 26.0. The van der Waals surface area contributed by atoms with Crippen LogP contribution in [0.4, 0.5) is 15.8 Å². The van der Waals surface area contributed by atoms with Gasteiger partial charge in [-0.25, -0.2) is 4.39 Å². The molecule has 0 saturated heterocycles. The topological polar surface area (TPSA) is 61.9 Å². The Morgan fingerprint density at radius 3 is 2.19 bits per heavy atom. The van der Waals surface area contributed by atoms with Crippen LogP contribution in [0.25, 0.3) is 0 Å². The first-order valence-corrected chi connectivity index (χ1v) is 12.0. The molecule has 3 aromatic rings. The molecule has 1 aliphatic rings. The number of fused-ring (bicyclic) bond motifs is 1. The van der Waals surface area contributed by atoms with Crippen LogP contribution in [0, 0.1) is 5.82 Å². The number of hydrogen-bond acceptors (Lipinski definition) is 4. The van der Waals surface area contributed by atoms with Crippen LogP contribution in [-0.4, -0.2) is 42.5 Å². The summed E-state index contributed by atoms with van der Waals surface area (Å²) >= 11 is 0. The fourth-order valence-electron chi connectivity index (χ4n) is 4.19. The highest BCUT2D eigenvalue weighted by atomic mass is 19.1. The summed E-state index contributed by atoms with van der Waals surface area (Å²) in [6.07, 6.45) is 0.323. The van der Waals surface area contributed by atoms with E-state index in [2.05, 4.69) is 5.32 Å². The van der Waals surface area contributed by atoms with E-state index in [0.717, 1.165) is 22.6 Å². The van der Waals surface area contributed by atoms with Gasteiger partial charge in [0.25, 0.3) is 5.91 Å². The first kappa shape index (κ1) is 25.2. The maximum atomic E-state index is 13.9. The van der Waals surface area contributed by atoms with Gasteiger partial charge in [-0.2, -0.15) is 0 Å². The van der Waals surface area contributed by atoms with Crippen molar-refractivity contribution >= 4 is 23.2 Å². The molecule has 188 valence electrons. The third-order valence-electron chi connectivity index (χ3n) is 5.99. The van der Waals surface area contributed by atoms with Crippen molar-refractivity contribution in [2.75, 3.05) is 24.3 Å². The minimum absolute atomic E-state index is 0.175. The third kappa shape index (κ3) is 5.85. The number of benzene rings is 3. The van der Waals surface area contributed by atoms with E-state index >= 15 is 0 Å². The monoisotopic (exact) mass is 489 g/mol. The van der Waals surface area contributed by atoms with Gasteiger partial charge in [-0.15, -0.1) is 0 Å². The molecule has 0 radical (unpaired) electrons. The van der Waals surface area contributed by atoms with Crippen LogP contribution >= 0.6 is 0 Å². The summed E-state index contributed by atoms with van der Waals surface area (Å²) in [6.45, 7) is 6.12. The number of carbonyl (C=O) groups is 2. The molecule has 7 heteroatoms. The lowest BCUT2D eigenvalue weighted by Crippen LogP contribution is -2.46. The quantitative estimate of drug-likeness (QED) is 0.512. The van der Waals surface area contributed by atoms with Crippen molar-refractivity contribution in [3.63, 3.8) is 0 Å². The zero-order valence-electron chi connectivity index (χ0n) is 21.3. The molecule has 1 aliphatic heterocycles. The maximum absolute atomic E-state index is 13.9. The molecule has 1 N–H and O–H groups in total. The van der Waals surface area contributed by atoms with Gasteiger partial charge in [-0.1, -0.05) is 24.3 Å². The Morgan fingerprint density at radius 1 is 0.944 bits per heavy atom. The van der Waals surface area contributed by atoms with E-state index in [4.69, 9.17) is 4.74 Å². The molecule has 36 heavy (non-hydrogen) atoms. The van der Waals surface area contributed by atoms with E-state index in [1.165, 1.54) is 12.1 Å². The highest BCUT2D eigenvalue weighted by Crippen LogP contribution is 2.30. The van der Waals surface area contributed by atoms with E-state index < -0.39 is 6.04 Å². The van der Waals surface area contributed by atoms with Gasteiger partial charge in [-0.3, -0.25) is 9.59 Å². The predicted molar refractivity (Wildman–Crippen MR) is 140 cm³/mol. The van der Waals surface area contributed by atoms with Crippen molar-refractivity contribution in [2.24, 2.45) is 0 Å². The summed E-state index contributed by atoms with van der Waals surface area (Å²) in [7, 11) is 3.79. The van der Waals surface area contributed by atoms with Crippen molar-refractivity contribution in [1.82, 2.24) is 4.90 Å². The number of ether oxygens (including phenoxy) is 1. The highest BCUT2D eigenvalue weighted by Gasteiger charge is 2.35. The van der Waals surface area contributed by atoms with Crippen LogP contribution in [0.15, 0.2) is 66.7 Å². The SMILES string of the molecule is CN(C)c1ccc2c(c1)C(=O)N(Cc1ccc(F)cc1)[C@@H](Cc1ccc(OC(C)(C)C)cc1)C(=O)N2. The molecule has 0 saturated carbocycles. The van der Waals surface area contributed by atoms with Crippen molar-refractivity contribution in [1.29, 1.82) is 0 Å². The molecule has 0 unspecified atom stereocenters. The van der Waals surface area contributed by atoms with Gasteiger partial charge in [0, 0.05) is 32.7 Å². The van der Waals surface area contributed by atoms with E-state index in [0.29, 0.717) is 17.7 Å². The first-order valence-electron chi connectivity index (χ1n) is 12.0. The highest BCUT2D eigenvalue weighted by molar-refractivity contribution is 6.10. The first-order chi connectivity index (χ1) is 17.0. The third-order valence-corrected chi connectivity index (χ3v) is 5.99. The number of halogens is 1. The van der Waals surface area contributed by atoms with E-state index in [1.807, 2.05) is 70.1 Å². The van der Waals surface area contributed by atoms with Gasteiger partial charge < -0.3 is 19.9 Å². The average molecular weight is 490 g/mol. The standard InChI is InChI=1S/C29H32FN3O3/c1-29(2,3)36-23-13-8-19(9-14-23)16-26-27(34)31-25-15-12-22(32(4)5)17-24(25)28(35)33(26)18-20-6-10-21(30)11-7-20/h6-15,17,26H,16,18H2,1-5H3,(H,31,34)/t26-/m0/s1. The van der Waals surface area contributed by atoms with Crippen LogP contribution in [0.2, 0.25) is 0 Å². The molecule has 4 rings (SSSR count). The summed E-state index contributed by atoms with van der Waals surface area (Å²) in [4.78, 5) is 30.8. The Hall–Kier alpha value is -3.87. The molecule has 6 nitrogen and oxygen atoms in total. The van der Waals surface area contributed by atoms with Crippen LogP contribution in [-0.2, 0) is 17.8 Å². The lowest BCUT2D eigenvalue weighted by molar-refractivity contribution is -0.120. The summed E-state index contributed by atoms with van der Waals surface area (Å²) in [5, 5.41) is 2.95. The Balaban J connectivity index is 1.69. The van der Waals surface area contributed by atoms with E-state index in [1.54, 1.807) is 29.2 Å². The van der Waals surface area contributed by atoms with Crippen LogP contribution in [0.3, 0.4) is 0 Å². The normalized spacial score (nSPS) is 15.7. The smallest absolute Gasteiger partial charge is 0.257 e. The van der Waals surface area contributed by atoms with Crippen LogP contribution < -0.4 is 15.0 Å². The summed E-state index contributed by atoms with van der Waals surface area (Å²) < 4.78 is 19.4. The lowest BCUT2D eigenvalue weighted by Gasteiger charge is -2.29. The number of nitrogens with zero attached hydrogens (tertiary/aromatic N) is 2. The molecule has 2 amide bonds. The van der Waals surface area contributed by atoms with Crippen molar-refractivity contribution in [3.8, 4) is 5.75 Å². The molecule has 0 bridgehead atoms. The Bertz CT molecular complexity index is 1250. The molecular weight excluding hydrogens is 457 g/mol. The fraction of sp³-hybridized carbons (Fsp3) is 0.310. The summed E-state index contributed by atoms with van der Waals surface area (Å²) in [6, 6.07) is 18.2. The number of amides is 2. The Kier molecular flexibility index (Phi) is 7.02. The molecule has 0 fully saturated rings. The number of nitrogens with one attached hydrogen (secondary N) is 1. The van der Waals surface area contributed by atoms with Crippen LogP contribution in [0.1, 0.15) is 42.3 Å². The second-order valence-corrected chi connectivity index (χ2v) is 10.3. The van der Waals surface area contributed by atoms with Crippen molar-refractivity contribution in [2.45, 2.75) is 45.4 Å². The average Bonchev–Trinajstić information content (AvgIpc) is 2.90. The molecule has 1 atom stereocenters. The molecule has 0 aliphatic carbocycles. The summed E-state index contributed by atoms with van der Waals surface area (Å²) in [5.41, 5.74) is 3.07. The number of hydrogen-bond donors (Lipinski definition) is 1. The minimum Gasteiger partial charge on any atom is -0.488 e. The van der Waals surface area contributed by atoms with Gasteiger partial charge in [0.05, 0.1) is 11.3 Å². The molecule has 0 aromatic heterocycles. The Labute approximate surface area is 211 Å².